The highest BCUT2D eigenvalue weighted by Crippen LogP contribution is 2.28. The molecule has 0 saturated heterocycles. The number of hydrogen-bond donors (Lipinski definition) is 1. The van der Waals surface area contributed by atoms with Gasteiger partial charge >= 0.3 is 0 Å². The molecule has 0 spiro atoms. The average Bonchev–Trinajstić information content (AvgIpc) is 2.35. The van der Waals surface area contributed by atoms with Crippen molar-refractivity contribution in [1.29, 1.82) is 0 Å². The summed E-state index contributed by atoms with van der Waals surface area (Å²) < 4.78 is 10.7. The van der Waals surface area contributed by atoms with Crippen LogP contribution in [-0.2, 0) is 9.47 Å². The van der Waals surface area contributed by atoms with Crippen LogP contribution in [0.2, 0.25) is 0 Å². The Hall–Kier alpha value is -0.800. The maximum Gasteiger partial charge on any atom is 0.130 e. The van der Waals surface area contributed by atoms with Crippen molar-refractivity contribution >= 4 is 0 Å². The van der Waals surface area contributed by atoms with E-state index in [4.69, 9.17) is 9.47 Å². The van der Waals surface area contributed by atoms with Crippen LogP contribution in [-0.4, -0.2) is 31.5 Å². The summed E-state index contributed by atoms with van der Waals surface area (Å²) in [5, 5.41) is 10.2. The summed E-state index contributed by atoms with van der Waals surface area (Å²) in [6.07, 6.45) is 5.17. The Bertz CT molecular complexity index is 281. The molecule has 3 atom stereocenters. The predicted octanol–water partition coefficient (Wildman–Crippen LogP) is 2.27. The van der Waals surface area contributed by atoms with E-state index in [-0.39, 0.29) is 12.0 Å². The lowest BCUT2D eigenvalue weighted by molar-refractivity contribution is 0.0678. The van der Waals surface area contributed by atoms with E-state index in [1.54, 1.807) is 14.2 Å². The molecule has 0 aromatic heterocycles. The summed E-state index contributed by atoms with van der Waals surface area (Å²) in [6, 6.07) is 0. The minimum atomic E-state index is -0.478. The lowest BCUT2D eigenvalue weighted by Crippen LogP contribution is -2.27. The Morgan fingerprint density at radius 3 is 2.69 bits per heavy atom. The van der Waals surface area contributed by atoms with Gasteiger partial charge in [0, 0.05) is 12.7 Å². The quantitative estimate of drug-likeness (QED) is 0.781. The van der Waals surface area contributed by atoms with Crippen molar-refractivity contribution in [2.24, 2.45) is 5.92 Å². The van der Waals surface area contributed by atoms with E-state index in [0.29, 0.717) is 0 Å². The lowest BCUT2D eigenvalue weighted by Gasteiger charge is -2.27. The SMILES string of the molecule is CCC(C)C(O)C1=C(OC)[C@H](OC)CC=C1. The molecule has 1 N–H and O–H groups in total. The Kier molecular flexibility index (Phi) is 5.03. The van der Waals surface area contributed by atoms with Crippen LogP contribution < -0.4 is 0 Å². The van der Waals surface area contributed by atoms with Gasteiger partial charge in [-0.3, -0.25) is 0 Å². The Morgan fingerprint density at radius 2 is 2.19 bits per heavy atom. The van der Waals surface area contributed by atoms with E-state index in [2.05, 4.69) is 6.92 Å². The van der Waals surface area contributed by atoms with Gasteiger partial charge in [0.1, 0.15) is 11.9 Å². The van der Waals surface area contributed by atoms with Gasteiger partial charge in [-0.05, 0) is 12.3 Å². The molecule has 0 aliphatic heterocycles. The molecule has 0 saturated carbocycles. The fourth-order valence-corrected chi connectivity index (χ4v) is 1.92. The van der Waals surface area contributed by atoms with Crippen LogP contribution in [0.1, 0.15) is 26.7 Å². The molecule has 0 amide bonds. The number of aliphatic hydroxyl groups is 1. The van der Waals surface area contributed by atoms with Gasteiger partial charge in [0.25, 0.3) is 0 Å². The zero-order valence-electron chi connectivity index (χ0n) is 10.6. The van der Waals surface area contributed by atoms with E-state index in [0.717, 1.165) is 24.2 Å². The molecule has 0 radical (unpaired) electrons. The molecule has 3 nitrogen and oxygen atoms in total. The Morgan fingerprint density at radius 1 is 1.50 bits per heavy atom. The largest absolute Gasteiger partial charge is 0.498 e. The van der Waals surface area contributed by atoms with Crippen LogP contribution in [0.5, 0.6) is 0 Å². The smallest absolute Gasteiger partial charge is 0.130 e. The molecule has 1 rings (SSSR count). The number of rotatable bonds is 5. The number of ether oxygens (including phenoxy) is 2. The molecule has 16 heavy (non-hydrogen) atoms. The van der Waals surface area contributed by atoms with Crippen LogP contribution in [0.3, 0.4) is 0 Å². The normalized spacial score (nSPS) is 24.4. The van der Waals surface area contributed by atoms with Crippen molar-refractivity contribution in [2.75, 3.05) is 14.2 Å². The molecule has 0 heterocycles. The average molecular weight is 226 g/mol. The minimum Gasteiger partial charge on any atom is -0.498 e. The second-order valence-corrected chi connectivity index (χ2v) is 4.22. The van der Waals surface area contributed by atoms with Crippen molar-refractivity contribution in [1.82, 2.24) is 0 Å². The third kappa shape index (κ3) is 2.66. The van der Waals surface area contributed by atoms with Crippen molar-refractivity contribution < 1.29 is 14.6 Å². The van der Waals surface area contributed by atoms with Gasteiger partial charge in [0.05, 0.1) is 13.2 Å². The third-order valence-corrected chi connectivity index (χ3v) is 3.23. The number of methoxy groups -OCH3 is 2. The number of hydrogen-bond acceptors (Lipinski definition) is 3. The topological polar surface area (TPSA) is 38.7 Å². The first kappa shape index (κ1) is 13.3. The zero-order chi connectivity index (χ0) is 12.1. The van der Waals surface area contributed by atoms with E-state index in [1.807, 2.05) is 19.1 Å². The summed E-state index contributed by atoms with van der Waals surface area (Å²) in [5.41, 5.74) is 0.856. The summed E-state index contributed by atoms with van der Waals surface area (Å²) in [6.45, 7) is 4.11. The highest BCUT2D eigenvalue weighted by Gasteiger charge is 2.26. The van der Waals surface area contributed by atoms with Gasteiger partial charge in [-0.1, -0.05) is 32.4 Å². The first-order chi connectivity index (χ1) is 7.65. The van der Waals surface area contributed by atoms with Crippen LogP contribution in [0.25, 0.3) is 0 Å². The van der Waals surface area contributed by atoms with Crippen molar-refractivity contribution in [3.05, 3.63) is 23.5 Å². The van der Waals surface area contributed by atoms with Crippen molar-refractivity contribution in [3.8, 4) is 0 Å². The highest BCUT2D eigenvalue weighted by molar-refractivity contribution is 5.33. The summed E-state index contributed by atoms with van der Waals surface area (Å²) >= 11 is 0. The van der Waals surface area contributed by atoms with Crippen LogP contribution >= 0.6 is 0 Å². The maximum absolute atomic E-state index is 10.2. The summed E-state index contributed by atoms with van der Waals surface area (Å²) in [4.78, 5) is 0. The van der Waals surface area contributed by atoms with Crippen LogP contribution in [0.4, 0.5) is 0 Å². The summed E-state index contributed by atoms with van der Waals surface area (Å²) in [7, 11) is 3.29. The molecular formula is C13H22O3. The molecule has 2 unspecified atom stereocenters. The van der Waals surface area contributed by atoms with Gasteiger partial charge < -0.3 is 14.6 Å². The van der Waals surface area contributed by atoms with Crippen LogP contribution in [0.15, 0.2) is 23.5 Å². The molecule has 0 aromatic rings. The van der Waals surface area contributed by atoms with E-state index >= 15 is 0 Å². The molecule has 1 aliphatic carbocycles. The predicted molar refractivity (Wildman–Crippen MR) is 64.1 cm³/mol. The van der Waals surface area contributed by atoms with Gasteiger partial charge in [0.15, 0.2) is 0 Å². The first-order valence-corrected chi connectivity index (χ1v) is 5.81. The van der Waals surface area contributed by atoms with Gasteiger partial charge in [-0.2, -0.15) is 0 Å². The zero-order valence-corrected chi connectivity index (χ0v) is 10.6. The van der Waals surface area contributed by atoms with Crippen molar-refractivity contribution in [2.45, 2.75) is 38.9 Å². The molecule has 0 fully saturated rings. The van der Waals surface area contributed by atoms with E-state index in [9.17, 15) is 5.11 Å². The van der Waals surface area contributed by atoms with Gasteiger partial charge in [-0.25, -0.2) is 0 Å². The molecule has 0 aromatic carbocycles. The first-order valence-electron chi connectivity index (χ1n) is 5.81. The second kappa shape index (κ2) is 6.06. The fourth-order valence-electron chi connectivity index (χ4n) is 1.92. The maximum atomic E-state index is 10.2. The number of aliphatic hydroxyl groups excluding tert-OH is 1. The fraction of sp³-hybridized carbons (Fsp3) is 0.692. The van der Waals surface area contributed by atoms with E-state index < -0.39 is 6.10 Å². The highest BCUT2D eigenvalue weighted by atomic mass is 16.5. The van der Waals surface area contributed by atoms with E-state index in [1.165, 1.54) is 0 Å². The standard InChI is InChI=1S/C13H22O3/c1-5-9(2)12(14)10-7-6-8-11(15-3)13(10)16-4/h6-7,9,11-12,14H,5,8H2,1-4H3/t9?,11-,12?/m1/s1. The van der Waals surface area contributed by atoms with Crippen molar-refractivity contribution in [3.63, 3.8) is 0 Å². The molecular weight excluding hydrogens is 204 g/mol. The summed E-state index contributed by atoms with van der Waals surface area (Å²) in [5.74, 6) is 0.984. The second-order valence-electron chi connectivity index (χ2n) is 4.22. The third-order valence-electron chi connectivity index (χ3n) is 3.23. The van der Waals surface area contributed by atoms with Crippen LogP contribution in [0, 0.1) is 5.92 Å². The lowest BCUT2D eigenvalue weighted by atomic mass is 9.90. The Labute approximate surface area is 97.8 Å². The molecule has 1 aliphatic rings. The van der Waals surface area contributed by atoms with Gasteiger partial charge in [-0.15, -0.1) is 0 Å². The Balaban J connectivity index is 2.96. The van der Waals surface area contributed by atoms with Gasteiger partial charge in [0.2, 0.25) is 0 Å². The molecule has 0 bridgehead atoms. The molecule has 92 valence electrons. The molecule has 3 heteroatoms. The monoisotopic (exact) mass is 226 g/mol. The minimum absolute atomic E-state index is 0.0660.